The molecule has 2 rings (SSSR count). The summed E-state index contributed by atoms with van der Waals surface area (Å²) in [4.78, 5) is 4.11. The van der Waals surface area contributed by atoms with Crippen molar-refractivity contribution in [1.29, 1.82) is 0 Å². The Hall–Kier alpha value is -1.35. The predicted molar refractivity (Wildman–Crippen MR) is 62.8 cm³/mol. The predicted octanol–water partition coefficient (Wildman–Crippen LogP) is 3.32. The van der Waals surface area contributed by atoms with E-state index in [1.807, 2.05) is 30.5 Å². The van der Waals surface area contributed by atoms with E-state index in [4.69, 9.17) is 4.74 Å². The van der Waals surface area contributed by atoms with Crippen molar-refractivity contribution in [3.05, 3.63) is 47.2 Å². The molecule has 0 amide bonds. The van der Waals surface area contributed by atoms with Gasteiger partial charge in [0.05, 0.1) is 7.11 Å². The van der Waals surface area contributed by atoms with Gasteiger partial charge in [0.1, 0.15) is 5.75 Å². The number of nitrogens with zero attached hydrogens (tertiary/aromatic N) is 1. The van der Waals surface area contributed by atoms with Gasteiger partial charge in [-0.1, -0.05) is 6.07 Å². The van der Waals surface area contributed by atoms with E-state index in [9.17, 15) is 0 Å². The minimum Gasteiger partial charge on any atom is -0.496 e. The molecule has 75 valence electrons. The minimum absolute atomic E-state index is 0.738. The number of ether oxygens (including phenoxy) is 1. The summed E-state index contributed by atoms with van der Waals surface area (Å²) >= 11 is 3.39. The van der Waals surface area contributed by atoms with Crippen LogP contribution in [-0.4, -0.2) is 12.1 Å². The number of hydrogen-bond donors (Lipinski definition) is 0. The molecule has 15 heavy (non-hydrogen) atoms. The first-order valence-electron chi connectivity index (χ1n) is 4.46. The molecule has 1 radical (unpaired) electrons. The third-order valence-corrected chi connectivity index (χ3v) is 2.48. The first kappa shape index (κ1) is 10.2. The summed E-state index contributed by atoms with van der Waals surface area (Å²) in [7, 11) is 1.63. The lowest BCUT2D eigenvalue weighted by Crippen LogP contribution is -1.84. The van der Waals surface area contributed by atoms with Crippen molar-refractivity contribution < 1.29 is 4.74 Å². The number of methoxy groups -OCH3 is 1. The van der Waals surface area contributed by atoms with Gasteiger partial charge < -0.3 is 4.74 Å². The molecular formula is C12H9BrNO. The molecule has 1 aromatic carbocycles. The lowest BCUT2D eigenvalue weighted by atomic mass is 10.1. The number of hydrogen-bond acceptors (Lipinski definition) is 2. The van der Waals surface area contributed by atoms with Gasteiger partial charge in [-0.3, -0.25) is 4.98 Å². The Morgan fingerprint density at radius 2 is 2.13 bits per heavy atom. The molecule has 0 aliphatic heterocycles. The van der Waals surface area contributed by atoms with Gasteiger partial charge in [-0.25, -0.2) is 0 Å². The number of rotatable bonds is 2. The van der Waals surface area contributed by atoms with Crippen LogP contribution in [0.2, 0.25) is 0 Å². The van der Waals surface area contributed by atoms with Gasteiger partial charge in [-0.2, -0.15) is 0 Å². The van der Waals surface area contributed by atoms with Crippen molar-refractivity contribution in [2.24, 2.45) is 0 Å². The molecule has 0 saturated carbocycles. The fourth-order valence-corrected chi connectivity index (χ4v) is 1.65. The summed E-state index contributed by atoms with van der Waals surface area (Å²) in [6.07, 6.45) is 3.58. The highest BCUT2D eigenvalue weighted by Crippen LogP contribution is 2.23. The molecule has 0 unspecified atom stereocenters. The topological polar surface area (TPSA) is 22.1 Å². The third-order valence-electron chi connectivity index (χ3n) is 2.04. The maximum absolute atomic E-state index is 5.05. The first-order chi connectivity index (χ1) is 7.29. The van der Waals surface area contributed by atoms with E-state index >= 15 is 0 Å². The van der Waals surface area contributed by atoms with Crippen LogP contribution in [0, 0.1) is 6.07 Å². The van der Waals surface area contributed by atoms with Gasteiger partial charge in [-0.15, -0.1) is 0 Å². The van der Waals surface area contributed by atoms with Crippen molar-refractivity contribution in [2.75, 3.05) is 7.11 Å². The highest BCUT2D eigenvalue weighted by Gasteiger charge is 1.99. The van der Waals surface area contributed by atoms with E-state index in [0.29, 0.717) is 0 Å². The van der Waals surface area contributed by atoms with E-state index in [-0.39, 0.29) is 0 Å². The average molecular weight is 263 g/mol. The Morgan fingerprint density at radius 3 is 2.73 bits per heavy atom. The van der Waals surface area contributed by atoms with E-state index in [2.05, 4.69) is 27.0 Å². The monoisotopic (exact) mass is 262 g/mol. The van der Waals surface area contributed by atoms with Crippen LogP contribution in [0.5, 0.6) is 5.75 Å². The lowest BCUT2D eigenvalue weighted by molar-refractivity contribution is 0.414. The molecule has 0 aliphatic rings. The molecule has 0 spiro atoms. The van der Waals surface area contributed by atoms with Gasteiger partial charge in [0.25, 0.3) is 0 Å². The third kappa shape index (κ3) is 2.36. The minimum atomic E-state index is 0.738. The van der Waals surface area contributed by atoms with Crippen molar-refractivity contribution >= 4 is 15.9 Å². The maximum atomic E-state index is 5.05. The van der Waals surface area contributed by atoms with Crippen molar-refractivity contribution in [2.45, 2.75) is 0 Å². The normalized spacial score (nSPS) is 10.0. The standard InChI is InChI=1S/C12H9BrNO/c1-15-12-4-2-9(3-5-12)10-6-11(13)8-14-7-10/h2-4,6-8H,1H3. The van der Waals surface area contributed by atoms with E-state index in [1.54, 1.807) is 13.3 Å². The van der Waals surface area contributed by atoms with Crippen LogP contribution in [0.3, 0.4) is 0 Å². The lowest BCUT2D eigenvalue weighted by Gasteiger charge is -2.03. The summed E-state index contributed by atoms with van der Waals surface area (Å²) in [5.41, 5.74) is 2.13. The number of pyridine rings is 1. The fourth-order valence-electron chi connectivity index (χ4n) is 1.29. The summed E-state index contributed by atoms with van der Waals surface area (Å²) in [6.45, 7) is 0. The Balaban J connectivity index is 2.37. The van der Waals surface area contributed by atoms with Crippen LogP contribution >= 0.6 is 15.9 Å². The zero-order valence-corrected chi connectivity index (χ0v) is 9.78. The van der Waals surface area contributed by atoms with E-state index in [0.717, 1.165) is 21.3 Å². The highest BCUT2D eigenvalue weighted by molar-refractivity contribution is 9.10. The largest absolute Gasteiger partial charge is 0.496 e. The van der Waals surface area contributed by atoms with Gasteiger partial charge in [-0.05, 0) is 39.7 Å². The van der Waals surface area contributed by atoms with E-state index < -0.39 is 0 Å². The Kier molecular flexibility index (Phi) is 3.02. The second-order valence-corrected chi connectivity index (χ2v) is 3.95. The molecule has 1 aromatic heterocycles. The fraction of sp³-hybridized carbons (Fsp3) is 0.0833. The number of aromatic nitrogens is 1. The SMILES string of the molecule is COc1[c]cc(-c2cncc(Br)c2)cc1. The van der Waals surface area contributed by atoms with Gasteiger partial charge in [0.2, 0.25) is 0 Å². The summed E-state index contributed by atoms with van der Waals surface area (Å²) < 4.78 is 6.02. The van der Waals surface area contributed by atoms with Crippen LogP contribution < -0.4 is 4.74 Å². The van der Waals surface area contributed by atoms with Crippen LogP contribution in [0.4, 0.5) is 0 Å². The number of benzene rings is 1. The molecule has 0 fully saturated rings. The van der Waals surface area contributed by atoms with Crippen molar-refractivity contribution in [3.8, 4) is 16.9 Å². The maximum Gasteiger partial charge on any atom is 0.126 e. The molecule has 2 aromatic rings. The molecule has 1 heterocycles. The first-order valence-corrected chi connectivity index (χ1v) is 5.25. The Bertz CT molecular complexity index is 453. The zero-order valence-electron chi connectivity index (χ0n) is 8.20. The average Bonchev–Trinajstić information content (AvgIpc) is 2.29. The van der Waals surface area contributed by atoms with E-state index in [1.165, 1.54) is 0 Å². The second-order valence-electron chi connectivity index (χ2n) is 3.04. The smallest absolute Gasteiger partial charge is 0.126 e. The molecule has 0 atom stereocenters. The summed E-state index contributed by atoms with van der Waals surface area (Å²) in [6, 6.07) is 10.8. The van der Waals surface area contributed by atoms with Gasteiger partial charge in [0.15, 0.2) is 0 Å². The van der Waals surface area contributed by atoms with Crippen LogP contribution in [0.15, 0.2) is 41.1 Å². The molecule has 0 N–H and O–H groups in total. The van der Waals surface area contributed by atoms with Crippen LogP contribution in [-0.2, 0) is 0 Å². The number of halogens is 1. The molecule has 2 nitrogen and oxygen atoms in total. The van der Waals surface area contributed by atoms with Crippen molar-refractivity contribution in [3.63, 3.8) is 0 Å². The molecule has 3 heteroatoms. The summed E-state index contributed by atoms with van der Waals surface area (Å²) in [5, 5.41) is 0. The quantitative estimate of drug-likeness (QED) is 0.829. The highest BCUT2D eigenvalue weighted by atomic mass is 79.9. The molecule has 0 aliphatic carbocycles. The second kappa shape index (κ2) is 4.45. The van der Waals surface area contributed by atoms with Crippen molar-refractivity contribution in [1.82, 2.24) is 4.98 Å². The molecule has 0 bridgehead atoms. The van der Waals surface area contributed by atoms with Gasteiger partial charge in [0, 0.05) is 28.5 Å². The Labute approximate surface area is 97.1 Å². The van der Waals surface area contributed by atoms with Crippen LogP contribution in [0.25, 0.3) is 11.1 Å². The van der Waals surface area contributed by atoms with Gasteiger partial charge >= 0.3 is 0 Å². The Morgan fingerprint density at radius 1 is 1.27 bits per heavy atom. The molecular weight excluding hydrogens is 254 g/mol. The summed E-state index contributed by atoms with van der Waals surface area (Å²) in [5.74, 6) is 0.738. The van der Waals surface area contributed by atoms with Crippen LogP contribution in [0.1, 0.15) is 0 Å². The zero-order chi connectivity index (χ0) is 10.7. The molecule has 0 saturated heterocycles.